The van der Waals surface area contributed by atoms with Gasteiger partial charge in [-0.3, -0.25) is 10.1 Å². The number of aromatic amines is 1. The molecular formula is C24H32N8. The summed E-state index contributed by atoms with van der Waals surface area (Å²) in [6.45, 7) is 8.73. The molecule has 1 saturated heterocycles. The fourth-order valence-corrected chi connectivity index (χ4v) is 4.88. The Kier molecular flexibility index (Phi) is 6.03. The van der Waals surface area contributed by atoms with Crippen LogP contribution >= 0.6 is 0 Å². The smallest absolute Gasteiger partial charge is 0.227 e. The number of rotatable bonds is 8. The fourth-order valence-electron chi connectivity index (χ4n) is 4.88. The number of pyridine rings is 1. The van der Waals surface area contributed by atoms with Crippen molar-refractivity contribution in [2.45, 2.75) is 52.0 Å². The summed E-state index contributed by atoms with van der Waals surface area (Å²) in [5.74, 6) is 2.52. The molecule has 1 unspecified atom stereocenters. The van der Waals surface area contributed by atoms with Gasteiger partial charge in [-0.1, -0.05) is 19.9 Å². The Bertz CT molecular complexity index is 1040. The topological polar surface area (TPSA) is 85.9 Å². The van der Waals surface area contributed by atoms with E-state index in [2.05, 4.69) is 44.1 Å². The normalized spacial score (nSPS) is 17.8. The summed E-state index contributed by atoms with van der Waals surface area (Å²) in [6, 6.07) is 8.33. The molecule has 5 rings (SSSR count). The van der Waals surface area contributed by atoms with Gasteiger partial charge in [-0.25, -0.2) is 4.98 Å². The van der Waals surface area contributed by atoms with E-state index in [0.29, 0.717) is 6.04 Å². The highest BCUT2D eigenvalue weighted by Gasteiger charge is 2.30. The first-order valence-corrected chi connectivity index (χ1v) is 11.9. The molecule has 32 heavy (non-hydrogen) atoms. The second kappa shape index (κ2) is 9.24. The average Bonchev–Trinajstić information content (AvgIpc) is 3.58. The molecule has 3 aromatic heterocycles. The standard InChI is InChI=1S/C24H32N8/c1-3-31(4-2)16-17-9-8-14-32(17)24-26-19-12-7-10-18(19)23(28-24)27-22-15-21(29-30-22)20-11-5-6-13-25-20/h5-6,11,13,15,17H,3-4,7-10,12,14,16H2,1-2H3,(H2,26,27,28,29,30). The molecule has 0 bridgehead atoms. The van der Waals surface area contributed by atoms with E-state index < -0.39 is 0 Å². The van der Waals surface area contributed by atoms with Gasteiger partial charge in [0.25, 0.3) is 0 Å². The number of hydrogen-bond acceptors (Lipinski definition) is 7. The summed E-state index contributed by atoms with van der Waals surface area (Å²) in [5.41, 5.74) is 4.18. The number of aryl methyl sites for hydroxylation is 1. The summed E-state index contributed by atoms with van der Waals surface area (Å²) in [6.07, 6.45) is 7.35. The summed E-state index contributed by atoms with van der Waals surface area (Å²) in [4.78, 5) is 19.4. The fraction of sp³-hybridized carbons (Fsp3) is 0.500. The van der Waals surface area contributed by atoms with Crippen LogP contribution in [0.4, 0.5) is 17.6 Å². The van der Waals surface area contributed by atoms with Crippen molar-refractivity contribution in [2.75, 3.05) is 36.4 Å². The van der Waals surface area contributed by atoms with Gasteiger partial charge < -0.3 is 15.1 Å². The van der Waals surface area contributed by atoms with Crippen molar-refractivity contribution in [1.82, 2.24) is 30.0 Å². The number of anilines is 3. The van der Waals surface area contributed by atoms with E-state index in [-0.39, 0.29) is 0 Å². The number of likely N-dealkylation sites (N-methyl/N-ethyl adjacent to an activating group) is 1. The summed E-state index contributed by atoms with van der Waals surface area (Å²) >= 11 is 0. The summed E-state index contributed by atoms with van der Waals surface area (Å²) in [7, 11) is 0. The minimum absolute atomic E-state index is 0.475. The molecule has 168 valence electrons. The molecule has 2 aliphatic rings. The number of nitrogens with one attached hydrogen (secondary N) is 2. The van der Waals surface area contributed by atoms with Crippen LogP contribution in [0.3, 0.4) is 0 Å². The van der Waals surface area contributed by atoms with Gasteiger partial charge in [-0.15, -0.1) is 0 Å². The number of fused-ring (bicyclic) bond motifs is 1. The molecule has 3 aromatic rings. The molecular weight excluding hydrogens is 400 g/mol. The predicted octanol–water partition coefficient (Wildman–Crippen LogP) is 3.80. The maximum Gasteiger partial charge on any atom is 0.227 e. The van der Waals surface area contributed by atoms with E-state index >= 15 is 0 Å². The van der Waals surface area contributed by atoms with Crippen molar-refractivity contribution >= 4 is 17.6 Å². The van der Waals surface area contributed by atoms with E-state index in [1.807, 2.05) is 24.3 Å². The molecule has 8 heteroatoms. The highest BCUT2D eigenvalue weighted by molar-refractivity contribution is 5.65. The number of aromatic nitrogens is 5. The monoisotopic (exact) mass is 432 g/mol. The quantitative estimate of drug-likeness (QED) is 0.560. The molecule has 1 atom stereocenters. The third-order valence-electron chi connectivity index (χ3n) is 6.68. The lowest BCUT2D eigenvalue weighted by atomic mass is 10.2. The van der Waals surface area contributed by atoms with Crippen LogP contribution in [0.1, 0.15) is 44.4 Å². The van der Waals surface area contributed by atoms with Gasteiger partial charge in [0, 0.05) is 37.0 Å². The second-order valence-corrected chi connectivity index (χ2v) is 8.63. The van der Waals surface area contributed by atoms with Crippen LogP contribution in [-0.2, 0) is 12.8 Å². The van der Waals surface area contributed by atoms with Gasteiger partial charge in [0.05, 0.1) is 17.1 Å². The molecule has 1 aliphatic heterocycles. The molecule has 1 fully saturated rings. The largest absolute Gasteiger partial charge is 0.336 e. The Morgan fingerprint density at radius 2 is 2.06 bits per heavy atom. The van der Waals surface area contributed by atoms with Crippen LogP contribution in [-0.4, -0.2) is 62.3 Å². The predicted molar refractivity (Wildman–Crippen MR) is 127 cm³/mol. The first kappa shape index (κ1) is 20.9. The maximum absolute atomic E-state index is 5.03. The lowest BCUT2D eigenvalue weighted by molar-refractivity contribution is 0.282. The summed E-state index contributed by atoms with van der Waals surface area (Å²) < 4.78 is 0. The minimum Gasteiger partial charge on any atom is -0.336 e. The first-order chi connectivity index (χ1) is 15.7. The minimum atomic E-state index is 0.475. The Morgan fingerprint density at radius 3 is 2.88 bits per heavy atom. The zero-order valence-corrected chi connectivity index (χ0v) is 19.0. The molecule has 0 radical (unpaired) electrons. The van der Waals surface area contributed by atoms with Crippen molar-refractivity contribution in [3.8, 4) is 11.4 Å². The van der Waals surface area contributed by atoms with Crippen LogP contribution in [0.2, 0.25) is 0 Å². The second-order valence-electron chi connectivity index (χ2n) is 8.63. The zero-order valence-electron chi connectivity index (χ0n) is 19.0. The molecule has 4 heterocycles. The van der Waals surface area contributed by atoms with E-state index in [0.717, 1.165) is 74.4 Å². The van der Waals surface area contributed by atoms with Gasteiger partial charge >= 0.3 is 0 Å². The van der Waals surface area contributed by atoms with Gasteiger partial charge in [-0.05, 0) is 57.3 Å². The van der Waals surface area contributed by atoms with Gasteiger partial charge in [0.15, 0.2) is 5.82 Å². The summed E-state index contributed by atoms with van der Waals surface area (Å²) in [5, 5.41) is 11.0. The van der Waals surface area contributed by atoms with Crippen LogP contribution < -0.4 is 10.2 Å². The van der Waals surface area contributed by atoms with Crippen LogP contribution in [0.25, 0.3) is 11.4 Å². The van der Waals surface area contributed by atoms with E-state index in [1.165, 1.54) is 24.1 Å². The van der Waals surface area contributed by atoms with Crippen molar-refractivity contribution in [3.05, 3.63) is 41.7 Å². The SMILES string of the molecule is CCN(CC)CC1CCCN1c1nc2c(c(Nc3cc(-c4ccccn4)[nH]n3)n1)CCC2. The van der Waals surface area contributed by atoms with Gasteiger partial charge in [0.2, 0.25) is 5.95 Å². The molecule has 1 aliphatic carbocycles. The number of hydrogen-bond donors (Lipinski definition) is 2. The number of nitrogens with zero attached hydrogens (tertiary/aromatic N) is 6. The molecule has 0 aromatic carbocycles. The third kappa shape index (κ3) is 4.19. The van der Waals surface area contributed by atoms with Gasteiger partial charge in [-0.2, -0.15) is 10.1 Å². The van der Waals surface area contributed by atoms with Crippen molar-refractivity contribution in [3.63, 3.8) is 0 Å². The maximum atomic E-state index is 5.03. The Labute approximate surface area is 189 Å². The zero-order chi connectivity index (χ0) is 21.9. The molecule has 0 saturated carbocycles. The lowest BCUT2D eigenvalue weighted by Crippen LogP contribution is -2.41. The van der Waals surface area contributed by atoms with E-state index in [1.54, 1.807) is 6.20 Å². The van der Waals surface area contributed by atoms with Crippen molar-refractivity contribution in [1.29, 1.82) is 0 Å². The Morgan fingerprint density at radius 1 is 1.16 bits per heavy atom. The van der Waals surface area contributed by atoms with Crippen LogP contribution in [0.15, 0.2) is 30.5 Å². The van der Waals surface area contributed by atoms with Crippen molar-refractivity contribution < 1.29 is 0 Å². The number of H-pyrrole nitrogens is 1. The van der Waals surface area contributed by atoms with E-state index in [4.69, 9.17) is 9.97 Å². The van der Waals surface area contributed by atoms with E-state index in [9.17, 15) is 0 Å². The molecule has 8 nitrogen and oxygen atoms in total. The van der Waals surface area contributed by atoms with Gasteiger partial charge in [0.1, 0.15) is 5.82 Å². The molecule has 0 amide bonds. The lowest BCUT2D eigenvalue weighted by Gasteiger charge is -2.30. The molecule has 2 N–H and O–H groups in total. The molecule has 0 spiro atoms. The van der Waals surface area contributed by atoms with Crippen LogP contribution in [0.5, 0.6) is 0 Å². The highest BCUT2D eigenvalue weighted by Crippen LogP contribution is 2.33. The van der Waals surface area contributed by atoms with Crippen molar-refractivity contribution in [2.24, 2.45) is 0 Å². The first-order valence-electron chi connectivity index (χ1n) is 11.9. The highest BCUT2D eigenvalue weighted by atomic mass is 15.3. The Balaban J connectivity index is 1.41. The third-order valence-corrected chi connectivity index (χ3v) is 6.68. The Hall–Kier alpha value is -3.00. The average molecular weight is 433 g/mol. The van der Waals surface area contributed by atoms with Crippen LogP contribution in [0, 0.1) is 0 Å².